The average molecular weight is 284 g/mol. The lowest BCUT2D eigenvalue weighted by molar-refractivity contribution is -0.165. The van der Waals surface area contributed by atoms with E-state index in [4.69, 9.17) is 9.47 Å². The lowest BCUT2D eigenvalue weighted by Gasteiger charge is -2.17. The Hall–Kier alpha value is -2.38. The number of nitrogens with two attached hydrogens (primary N) is 2. The molecule has 2 rings (SSSR count). The molecule has 0 aromatic heterocycles. The molecule has 0 aromatic rings. The number of primary amides is 2. The molecule has 4 N–H and O–H groups in total. The minimum absolute atomic E-state index is 0.195. The van der Waals surface area contributed by atoms with Crippen LogP contribution in [-0.4, -0.2) is 37.0 Å². The van der Waals surface area contributed by atoms with Crippen molar-refractivity contribution in [3.8, 4) is 0 Å². The molecule has 2 aliphatic rings. The molecule has 1 heterocycles. The van der Waals surface area contributed by atoms with Crippen molar-refractivity contribution < 1.29 is 28.7 Å². The van der Waals surface area contributed by atoms with Gasteiger partial charge in [-0.3, -0.25) is 19.2 Å². The Morgan fingerprint density at radius 2 is 1.50 bits per heavy atom. The molecule has 110 valence electrons. The molecule has 20 heavy (non-hydrogen) atoms. The summed E-state index contributed by atoms with van der Waals surface area (Å²) >= 11 is 0. The van der Waals surface area contributed by atoms with Gasteiger partial charge in [-0.1, -0.05) is 0 Å². The smallest absolute Gasteiger partial charge is 0.312 e. The number of cyclic esters (lactones) is 2. The monoisotopic (exact) mass is 284 g/mol. The molecule has 1 aliphatic carbocycles. The van der Waals surface area contributed by atoms with Crippen LogP contribution in [0.25, 0.3) is 0 Å². The third-order valence-electron chi connectivity index (χ3n) is 2.76. The van der Waals surface area contributed by atoms with E-state index in [0.29, 0.717) is 0 Å². The summed E-state index contributed by atoms with van der Waals surface area (Å²) in [5, 5.41) is 0. The fourth-order valence-electron chi connectivity index (χ4n) is 1.54. The van der Waals surface area contributed by atoms with Gasteiger partial charge in [-0.05, 0) is 12.8 Å². The maximum absolute atomic E-state index is 11.3. The number of hydrogen-bond donors (Lipinski definition) is 2. The van der Waals surface area contributed by atoms with E-state index >= 15 is 0 Å². The van der Waals surface area contributed by atoms with Gasteiger partial charge in [0.2, 0.25) is 11.8 Å². The van der Waals surface area contributed by atoms with Gasteiger partial charge in [-0.2, -0.15) is 0 Å². The van der Waals surface area contributed by atoms with Crippen molar-refractivity contribution in [2.45, 2.75) is 19.3 Å². The molecule has 1 aliphatic heterocycles. The van der Waals surface area contributed by atoms with Crippen molar-refractivity contribution in [3.63, 3.8) is 0 Å². The van der Waals surface area contributed by atoms with Crippen LogP contribution in [0.1, 0.15) is 19.3 Å². The second-order valence-corrected chi connectivity index (χ2v) is 4.45. The summed E-state index contributed by atoms with van der Waals surface area (Å²) in [6.45, 7) is 0.396. The first-order valence-electron chi connectivity index (χ1n) is 5.95. The Morgan fingerprint density at radius 1 is 1.00 bits per heavy atom. The number of rotatable bonds is 2. The highest BCUT2D eigenvalue weighted by Gasteiger charge is 2.53. The molecule has 1 saturated carbocycles. The van der Waals surface area contributed by atoms with Crippen LogP contribution in [0.2, 0.25) is 0 Å². The van der Waals surface area contributed by atoms with Crippen molar-refractivity contribution in [1.29, 1.82) is 0 Å². The highest BCUT2D eigenvalue weighted by molar-refractivity contribution is 5.95. The summed E-state index contributed by atoms with van der Waals surface area (Å²) in [5.74, 6) is -1.85. The zero-order chi connectivity index (χ0) is 15.2. The number of carbonyl (C=O) groups excluding carboxylic acids is 4. The number of carbonyl (C=O) groups is 4. The van der Waals surface area contributed by atoms with Gasteiger partial charge in [-0.15, -0.1) is 0 Å². The van der Waals surface area contributed by atoms with E-state index in [1.165, 1.54) is 0 Å². The first-order chi connectivity index (χ1) is 9.35. The van der Waals surface area contributed by atoms with Crippen LogP contribution in [0.3, 0.4) is 0 Å². The predicted molar refractivity (Wildman–Crippen MR) is 65.7 cm³/mol. The number of esters is 2. The average Bonchev–Trinajstić information content (AvgIpc) is 3.12. The number of amides is 2. The van der Waals surface area contributed by atoms with Gasteiger partial charge < -0.3 is 20.9 Å². The lowest BCUT2D eigenvalue weighted by Crippen LogP contribution is -2.28. The molecule has 2 fully saturated rings. The fraction of sp³-hybridized carbons (Fsp3) is 0.500. The molecule has 1 saturated heterocycles. The summed E-state index contributed by atoms with van der Waals surface area (Å²) in [6.07, 6.45) is 3.54. The molecular formula is C12H16N2O6. The van der Waals surface area contributed by atoms with Crippen LogP contribution < -0.4 is 11.5 Å². The largest absolute Gasteiger partial charge is 0.462 e. The highest BCUT2D eigenvalue weighted by atomic mass is 16.6. The third-order valence-corrected chi connectivity index (χ3v) is 2.76. The van der Waals surface area contributed by atoms with Gasteiger partial charge in [0.15, 0.2) is 0 Å². The van der Waals surface area contributed by atoms with E-state index in [0.717, 1.165) is 25.0 Å². The Kier molecular flexibility index (Phi) is 5.24. The Labute approximate surface area is 115 Å². The van der Waals surface area contributed by atoms with Crippen molar-refractivity contribution in [2.75, 3.05) is 13.2 Å². The van der Waals surface area contributed by atoms with Crippen LogP contribution in [0.5, 0.6) is 0 Å². The molecule has 1 spiro atoms. The molecule has 2 amide bonds. The molecule has 0 unspecified atom stereocenters. The SMILES string of the molecule is NC(=O)/C=C/C(N)=O.O=C1CC2(CC2)C(=O)OCCO1. The van der Waals surface area contributed by atoms with Crippen LogP contribution in [0.15, 0.2) is 12.2 Å². The Morgan fingerprint density at radius 3 is 1.95 bits per heavy atom. The Bertz CT molecular complexity index is 437. The van der Waals surface area contributed by atoms with Gasteiger partial charge in [0.25, 0.3) is 0 Å². The van der Waals surface area contributed by atoms with E-state index in [9.17, 15) is 19.2 Å². The molecular weight excluding hydrogens is 268 g/mol. The minimum Gasteiger partial charge on any atom is -0.462 e. The Balaban J connectivity index is 0.000000221. The molecule has 0 radical (unpaired) electrons. The molecule has 8 nitrogen and oxygen atoms in total. The zero-order valence-corrected chi connectivity index (χ0v) is 10.8. The maximum atomic E-state index is 11.3. The fourth-order valence-corrected chi connectivity index (χ4v) is 1.54. The van der Waals surface area contributed by atoms with Crippen molar-refractivity contribution in [1.82, 2.24) is 0 Å². The van der Waals surface area contributed by atoms with Crippen molar-refractivity contribution in [3.05, 3.63) is 12.2 Å². The summed E-state index contributed by atoms with van der Waals surface area (Å²) in [6, 6.07) is 0. The maximum Gasteiger partial charge on any atom is 0.312 e. The predicted octanol–water partition coefficient (Wildman–Crippen LogP) is -1.23. The molecule has 8 heteroatoms. The van der Waals surface area contributed by atoms with Crippen molar-refractivity contribution in [2.24, 2.45) is 16.9 Å². The lowest BCUT2D eigenvalue weighted by atomic mass is 10.0. The summed E-state index contributed by atoms with van der Waals surface area (Å²) in [5.41, 5.74) is 8.71. The highest BCUT2D eigenvalue weighted by Crippen LogP contribution is 2.50. The molecule has 0 bridgehead atoms. The van der Waals surface area contributed by atoms with E-state index < -0.39 is 17.2 Å². The van der Waals surface area contributed by atoms with Gasteiger partial charge in [-0.25, -0.2) is 0 Å². The van der Waals surface area contributed by atoms with Crippen molar-refractivity contribution >= 4 is 23.8 Å². The van der Waals surface area contributed by atoms with Gasteiger partial charge in [0.05, 0.1) is 11.8 Å². The van der Waals surface area contributed by atoms with E-state index in [-0.39, 0.29) is 31.6 Å². The van der Waals surface area contributed by atoms with Gasteiger partial charge in [0, 0.05) is 12.2 Å². The second-order valence-electron chi connectivity index (χ2n) is 4.45. The zero-order valence-electron chi connectivity index (χ0n) is 10.8. The minimum atomic E-state index is -0.677. The van der Waals surface area contributed by atoms with Crippen LogP contribution in [-0.2, 0) is 28.7 Å². The molecule has 0 aromatic carbocycles. The topological polar surface area (TPSA) is 139 Å². The van der Waals surface area contributed by atoms with E-state index in [1.54, 1.807) is 0 Å². The second kappa shape index (κ2) is 6.69. The standard InChI is InChI=1S/C8H10O4.C4H6N2O2/c9-6-5-8(1-2-8)7(10)12-4-3-11-6;5-3(7)1-2-4(6)8/h1-5H2;1-2H,(H2,5,7)(H2,6,8)/b;2-1+. The summed E-state index contributed by atoms with van der Waals surface area (Å²) in [7, 11) is 0. The van der Waals surface area contributed by atoms with E-state index in [2.05, 4.69) is 11.5 Å². The quantitative estimate of drug-likeness (QED) is 0.481. The van der Waals surface area contributed by atoms with E-state index in [1.807, 2.05) is 0 Å². The normalized spacial score (nSPS) is 20.0. The molecule has 0 atom stereocenters. The first kappa shape index (κ1) is 15.7. The number of ether oxygens (including phenoxy) is 2. The van der Waals surface area contributed by atoms with Crippen LogP contribution >= 0.6 is 0 Å². The van der Waals surface area contributed by atoms with Gasteiger partial charge >= 0.3 is 11.9 Å². The summed E-state index contributed by atoms with van der Waals surface area (Å²) in [4.78, 5) is 41.9. The summed E-state index contributed by atoms with van der Waals surface area (Å²) < 4.78 is 9.68. The van der Waals surface area contributed by atoms with Crippen LogP contribution in [0, 0.1) is 5.41 Å². The van der Waals surface area contributed by atoms with Gasteiger partial charge in [0.1, 0.15) is 13.2 Å². The number of hydrogen-bond acceptors (Lipinski definition) is 6. The first-order valence-corrected chi connectivity index (χ1v) is 5.95. The van der Waals surface area contributed by atoms with Crippen LogP contribution in [0.4, 0.5) is 0 Å². The third kappa shape index (κ3) is 5.09.